The smallest absolute Gasteiger partial charge is 0.0543 e. The number of hydrogen-bond donors (Lipinski definition) is 1. The van der Waals surface area contributed by atoms with Crippen molar-refractivity contribution in [3.63, 3.8) is 0 Å². The van der Waals surface area contributed by atoms with Crippen LogP contribution in [0.15, 0.2) is 0 Å². The molecule has 0 heterocycles. The second kappa shape index (κ2) is 8.05. The first-order valence-corrected chi connectivity index (χ1v) is 5.04. The van der Waals surface area contributed by atoms with Crippen LogP contribution < -0.4 is 5.11 Å². The Kier molecular flexibility index (Phi) is 7.69. The highest BCUT2D eigenvalue weighted by Crippen LogP contribution is 2.08. The summed E-state index contributed by atoms with van der Waals surface area (Å²) in [4.78, 5) is 10.1. The van der Waals surface area contributed by atoms with Gasteiger partial charge < -0.3 is 15.0 Å². The molecule has 78 valence electrons. The number of carboxylic acid groups (broad SMARTS) is 1. The Bertz CT molecular complexity index is 134. The molecule has 3 heteroatoms. The number of unbranched alkanes of at least 4 members (excludes halogenated alkanes) is 3. The summed E-state index contributed by atoms with van der Waals surface area (Å²) in [5.41, 5.74) is 0. The summed E-state index contributed by atoms with van der Waals surface area (Å²) in [6.45, 7) is 2.13. The van der Waals surface area contributed by atoms with Gasteiger partial charge in [-0.25, -0.2) is 0 Å². The van der Waals surface area contributed by atoms with Crippen LogP contribution in [0.5, 0.6) is 0 Å². The predicted octanol–water partition coefficient (Wildman–Crippen LogP) is 0.848. The molecule has 0 spiro atoms. The maximum Gasteiger partial charge on any atom is 0.0543 e. The number of aliphatic hydroxyl groups is 1. The van der Waals surface area contributed by atoms with Gasteiger partial charge in [0.05, 0.1) is 6.10 Å². The van der Waals surface area contributed by atoms with E-state index in [1.54, 1.807) is 0 Å². The number of hydrogen-bond acceptors (Lipinski definition) is 3. The first-order chi connectivity index (χ1) is 6.16. The summed E-state index contributed by atoms with van der Waals surface area (Å²) in [5, 5.41) is 19.4. The van der Waals surface area contributed by atoms with E-state index in [2.05, 4.69) is 6.92 Å². The summed E-state index contributed by atoms with van der Waals surface area (Å²) in [6, 6.07) is 0. The average Bonchev–Trinajstić information content (AvgIpc) is 2.09. The molecule has 0 unspecified atom stereocenters. The van der Waals surface area contributed by atoms with E-state index in [1.165, 1.54) is 12.8 Å². The number of aliphatic carboxylic acids is 1. The lowest BCUT2D eigenvalue weighted by Gasteiger charge is -2.10. The average molecular weight is 187 g/mol. The molecule has 0 rings (SSSR count). The van der Waals surface area contributed by atoms with E-state index < -0.39 is 12.1 Å². The lowest BCUT2D eigenvalue weighted by molar-refractivity contribution is -0.306. The Hall–Kier alpha value is -0.570. The van der Waals surface area contributed by atoms with Crippen molar-refractivity contribution in [1.29, 1.82) is 0 Å². The fourth-order valence-corrected chi connectivity index (χ4v) is 1.24. The molecule has 0 amide bonds. The van der Waals surface area contributed by atoms with Crippen molar-refractivity contribution in [2.24, 2.45) is 0 Å². The summed E-state index contributed by atoms with van der Waals surface area (Å²) < 4.78 is 0. The van der Waals surface area contributed by atoms with Gasteiger partial charge in [-0.15, -0.1) is 0 Å². The number of rotatable bonds is 8. The minimum absolute atomic E-state index is 0.0328. The third-order valence-electron chi connectivity index (χ3n) is 2.07. The second-order valence-electron chi connectivity index (χ2n) is 3.41. The lowest BCUT2D eigenvalue weighted by Crippen LogP contribution is -2.23. The maximum atomic E-state index is 10.1. The molecule has 1 N–H and O–H groups in total. The molecular formula is C10H19O3-. The highest BCUT2D eigenvalue weighted by molar-refractivity contribution is 5.64. The largest absolute Gasteiger partial charge is 0.550 e. The van der Waals surface area contributed by atoms with Gasteiger partial charge in [0.15, 0.2) is 0 Å². The van der Waals surface area contributed by atoms with E-state index in [1.807, 2.05) is 0 Å². The van der Waals surface area contributed by atoms with Crippen LogP contribution in [0.25, 0.3) is 0 Å². The van der Waals surface area contributed by atoms with Gasteiger partial charge in [0.2, 0.25) is 0 Å². The Balaban J connectivity index is 3.19. The van der Waals surface area contributed by atoms with Crippen molar-refractivity contribution in [3.8, 4) is 0 Å². The number of carboxylic acids is 1. The number of aliphatic hydroxyl groups excluding tert-OH is 1. The van der Waals surface area contributed by atoms with Crippen molar-refractivity contribution in [2.75, 3.05) is 0 Å². The highest BCUT2D eigenvalue weighted by atomic mass is 16.4. The van der Waals surface area contributed by atoms with Gasteiger partial charge in [-0.05, 0) is 19.3 Å². The molecule has 1 atom stereocenters. The first-order valence-electron chi connectivity index (χ1n) is 5.04. The fraction of sp³-hybridized carbons (Fsp3) is 0.900. The summed E-state index contributed by atoms with van der Waals surface area (Å²) in [6.07, 6.45) is 5.02. The third kappa shape index (κ3) is 9.34. The molecule has 3 nitrogen and oxygen atoms in total. The van der Waals surface area contributed by atoms with Crippen LogP contribution in [0.4, 0.5) is 0 Å². The molecule has 0 aromatic heterocycles. The van der Waals surface area contributed by atoms with E-state index in [-0.39, 0.29) is 6.42 Å². The minimum atomic E-state index is -1.08. The normalized spacial score (nSPS) is 12.8. The molecule has 0 aromatic rings. The Labute approximate surface area is 79.8 Å². The van der Waals surface area contributed by atoms with E-state index >= 15 is 0 Å². The van der Waals surface area contributed by atoms with Gasteiger partial charge in [-0.3, -0.25) is 0 Å². The van der Waals surface area contributed by atoms with Gasteiger partial charge in [0.1, 0.15) is 0 Å². The van der Waals surface area contributed by atoms with Crippen LogP contribution in [0.1, 0.15) is 51.9 Å². The van der Waals surface area contributed by atoms with Gasteiger partial charge in [-0.1, -0.05) is 32.6 Å². The molecule has 0 aliphatic rings. The summed E-state index contributed by atoms with van der Waals surface area (Å²) in [5.74, 6) is -1.08. The molecule has 0 bridgehead atoms. The molecule has 0 saturated heterocycles. The quantitative estimate of drug-likeness (QED) is 0.573. The standard InChI is InChI=1S/C10H20O3/c1-2-3-4-5-6-9(11)7-8-10(12)13/h9,11H,2-8H2,1H3,(H,12,13)/p-1/t9-/m1/s1. The van der Waals surface area contributed by atoms with Gasteiger partial charge in [0.25, 0.3) is 0 Å². The molecule has 0 radical (unpaired) electrons. The van der Waals surface area contributed by atoms with E-state index in [0.717, 1.165) is 12.8 Å². The van der Waals surface area contributed by atoms with Crippen molar-refractivity contribution < 1.29 is 15.0 Å². The Morgan fingerprint density at radius 3 is 2.54 bits per heavy atom. The first kappa shape index (κ1) is 12.4. The third-order valence-corrected chi connectivity index (χ3v) is 2.07. The molecule has 0 aliphatic heterocycles. The van der Waals surface area contributed by atoms with Crippen LogP contribution in [0.2, 0.25) is 0 Å². The van der Waals surface area contributed by atoms with Crippen molar-refractivity contribution in [1.82, 2.24) is 0 Å². The Morgan fingerprint density at radius 1 is 1.31 bits per heavy atom. The van der Waals surface area contributed by atoms with Crippen LogP contribution in [-0.4, -0.2) is 17.2 Å². The van der Waals surface area contributed by atoms with Crippen molar-refractivity contribution >= 4 is 5.97 Å². The molecule has 0 fully saturated rings. The summed E-state index contributed by atoms with van der Waals surface area (Å²) in [7, 11) is 0. The predicted molar refractivity (Wildman–Crippen MR) is 49.0 cm³/mol. The van der Waals surface area contributed by atoms with Crippen molar-refractivity contribution in [2.45, 2.75) is 58.0 Å². The van der Waals surface area contributed by atoms with E-state index in [9.17, 15) is 15.0 Å². The molecule has 0 saturated carbocycles. The van der Waals surface area contributed by atoms with Gasteiger partial charge in [0, 0.05) is 5.97 Å². The molecule has 0 aromatic carbocycles. The molecule has 13 heavy (non-hydrogen) atoms. The van der Waals surface area contributed by atoms with Gasteiger partial charge in [-0.2, -0.15) is 0 Å². The zero-order chi connectivity index (χ0) is 10.1. The minimum Gasteiger partial charge on any atom is -0.550 e. The fourth-order valence-electron chi connectivity index (χ4n) is 1.24. The second-order valence-corrected chi connectivity index (χ2v) is 3.41. The zero-order valence-electron chi connectivity index (χ0n) is 8.29. The Morgan fingerprint density at radius 2 is 2.00 bits per heavy atom. The number of carbonyl (C=O) groups excluding carboxylic acids is 1. The summed E-state index contributed by atoms with van der Waals surface area (Å²) >= 11 is 0. The van der Waals surface area contributed by atoms with Crippen molar-refractivity contribution in [3.05, 3.63) is 0 Å². The molecular weight excluding hydrogens is 168 g/mol. The van der Waals surface area contributed by atoms with Crippen LogP contribution in [0, 0.1) is 0 Å². The number of carbonyl (C=O) groups is 1. The zero-order valence-corrected chi connectivity index (χ0v) is 8.29. The maximum absolute atomic E-state index is 10.1. The molecule has 0 aliphatic carbocycles. The SMILES string of the molecule is CCCCCC[C@@H](O)CCC(=O)[O-]. The van der Waals surface area contributed by atoms with Crippen LogP contribution in [0.3, 0.4) is 0 Å². The van der Waals surface area contributed by atoms with Crippen LogP contribution in [-0.2, 0) is 4.79 Å². The van der Waals surface area contributed by atoms with Gasteiger partial charge >= 0.3 is 0 Å². The monoisotopic (exact) mass is 187 g/mol. The van der Waals surface area contributed by atoms with E-state index in [0.29, 0.717) is 12.8 Å². The van der Waals surface area contributed by atoms with E-state index in [4.69, 9.17) is 0 Å². The highest BCUT2D eigenvalue weighted by Gasteiger charge is 2.03. The van der Waals surface area contributed by atoms with Crippen LogP contribution >= 0.6 is 0 Å². The lowest BCUT2D eigenvalue weighted by atomic mass is 10.1. The topological polar surface area (TPSA) is 60.4 Å².